The van der Waals surface area contributed by atoms with Crippen LogP contribution in [0.1, 0.15) is 49.7 Å². The van der Waals surface area contributed by atoms with Crippen molar-refractivity contribution in [2.75, 3.05) is 48.6 Å². The topological polar surface area (TPSA) is 119 Å². The molecule has 0 bridgehead atoms. The van der Waals surface area contributed by atoms with Crippen molar-refractivity contribution in [1.82, 2.24) is 19.6 Å². The molecule has 2 atom stereocenters. The maximum atomic E-state index is 16.1. The van der Waals surface area contributed by atoms with E-state index < -0.39 is 12.1 Å². The van der Waals surface area contributed by atoms with Crippen LogP contribution in [0.4, 0.5) is 4.39 Å². The van der Waals surface area contributed by atoms with Gasteiger partial charge in [-0.3, -0.25) is 14.6 Å². The van der Waals surface area contributed by atoms with Gasteiger partial charge in [-0.2, -0.15) is 5.10 Å². The second kappa shape index (κ2) is 18.0. The Bertz CT molecular complexity index is 2230. The van der Waals surface area contributed by atoms with E-state index in [0.29, 0.717) is 65.3 Å². The maximum Gasteiger partial charge on any atom is 0.303 e. The Morgan fingerprint density at radius 3 is 2.19 bits per heavy atom. The van der Waals surface area contributed by atoms with E-state index in [-0.39, 0.29) is 30.2 Å². The Morgan fingerprint density at radius 2 is 1.52 bits per heavy atom. The molecule has 1 aliphatic heterocycles. The van der Waals surface area contributed by atoms with Gasteiger partial charge in [0.25, 0.3) is 0 Å². The summed E-state index contributed by atoms with van der Waals surface area (Å²) in [6.45, 7) is 1.78. The minimum Gasteiger partial charge on any atom is -0.496 e. The normalized spacial score (nSPS) is 19.8. The molecule has 0 spiro atoms. The first-order valence-electron chi connectivity index (χ1n) is 19.8. The molecular weight excluding hydrogens is 763 g/mol. The fraction of sp³-hybridized carbons (Fsp3) is 0.422. The van der Waals surface area contributed by atoms with E-state index >= 15 is 4.39 Å². The van der Waals surface area contributed by atoms with Gasteiger partial charge >= 0.3 is 5.97 Å². The molecule has 0 amide bonds. The van der Waals surface area contributed by atoms with E-state index in [4.69, 9.17) is 35.6 Å². The third-order valence-electron chi connectivity index (χ3n) is 12.0. The molecule has 7 rings (SSSR count). The van der Waals surface area contributed by atoms with E-state index in [9.17, 15) is 15.0 Å². The Kier molecular flexibility index (Phi) is 12.9. The number of hydrogen-bond acceptors (Lipinski definition) is 9. The predicted molar refractivity (Wildman–Crippen MR) is 223 cm³/mol. The molecule has 1 saturated carbocycles. The standard InChI is InChI=1S/C45H52ClFN4O7/c1-49(29-14-12-27(13-15-29)18-44(53)54)24-35-37(47)19-28(20-41(35)55-3)31-8-6-10-33(45(31)46)32-9-7-11-38-34(32)23-48-51(38)30-21-42(56-4)36(43(22-30)57-5)25-50(2)39-16-17-58-26-40(39)52/h6-11,19-23,27,29,39-40,52H,12-18,24-26H2,1-5H3,(H,53,54)/t27?,29?,39-,40-/m0/s1. The predicted octanol–water partition coefficient (Wildman–Crippen LogP) is 8.22. The zero-order chi connectivity index (χ0) is 41.1. The van der Waals surface area contributed by atoms with Crippen LogP contribution in [0.5, 0.6) is 17.2 Å². The fourth-order valence-corrected chi connectivity index (χ4v) is 9.15. The first kappa shape index (κ1) is 41.4. The van der Waals surface area contributed by atoms with Crippen molar-refractivity contribution < 1.29 is 38.3 Å². The molecule has 13 heteroatoms. The third kappa shape index (κ3) is 8.53. The largest absolute Gasteiger partial charge is 0.496 e. The molecule has 58 heavy (non-hydrogen) atoms. The van der Waals surface area contributed by atoms with Crippen molar-refractivity contribution >= 4 is 28.5 Å². The van der Waals surface area contributed by atoms with E-state index in [1.165, 1.54) is 6.07 Å². The van der Waals surface area contributed by atoms with Gasteiger partial charge < -0.3 is 29.2 Å². The number of carboxylic acids is 1. The van der Waals surface area contributed by atoms with Crippen LogP contribution in [-0.2, 0) is 22.6 Å². The first-order valence-corrected chi connectivity index (χ1v) is 20.1. The number of halogens is 2. The molecule has 2 aliphatic rings. The molecule has 2 fully saturated rings. The number of aliphatic hydroxyl groups excluding tert-OH is 1. The SMILES string of the molecule is COc1cc(-c2cccc(-c3cccc4c3cnn4-c3cc(OC)c(CN(C)[C@H]4CCOC[C@@H]4O)c(OC)c3)c2Cl)cc(F)c1CN(C)C1CCC(CC(=O)O)CC1. The van der Waals surface area contributed by atoms with Gasteiger partial charge in [-0.25, -0.2) is 9.07 Å². The number of benzene rings is 4. The van der Waals surface area contributed by atoms with Crippen LogP contribution < -0.4 is 14.2 Å². The molecule has 0 unspecified atom stereocenters. The number of carbonyl (C=O) groups is 1. The number of aromatic nitrogens is 2. The molecule has 1 aromatic heterocycles. The smallest absolute Gasteiger partial charge is 0.303 e. The summed E-state index contributed by atoms with van der Waals surface area (Å²) in [6, 6.07) is 19.1. The third-order valence-corrected chi connectivity index (χ3v) is 12.4. The summed E-state index contributed by atoms with van der Waals surface area (Å²) in [4.78, 5) is 15.4. The number of aliphatic hydroxyl groups is 1. The minimum absolute atomic E-state index is 0.0517. The van der Waals surface area contributed by atoms with Gasteiger partial charge in [0.15, 0.2) is 0 Å². The number of rotatable bonds is 14. The van der Waals surface area contributed by atoms with Gasteiger partial charge in [0.1, 0.15) is 23.1 Å². The van der Waals surface area contributed by atoms with E-state index in [1.807, 2.05) is 79.6 Å². The molecule has 1 aliphatic carbocycles. The highest BCUT2D eigenvalue weighted by Gasteiger charge is 2.30. The van der Waals surface area contributed by atoms with Crippen LogP contribution in [0.3, 0.4) is 0 Å². The Hall–Kier alpha value is -4.72. The summed E-state index contributed by atoms with van der Waals surface area (Å²) in [5.74, 6) is 0.778. The highest BCUT2D eigenvalue weighted by molar-refractivity contribution is 6.36. The van der Waals surface area contributed by atoms with Crippen LogP contribution in [0.2, 0.25) is 5.02 Å². The lowest BCUT2D eigenvalue weighted by atomic mass is 9.83. The molecule has 5 aromatic rings. The lowest BCUT2D eigenvalue weighted by Crippen LogP contribution is -2.47. The molecular formula is C45H52ClFN4O7. The number of likely N-dealkylation sites (N-methyl/N-ethyl adjacent to an activating group) is 1. The summed E-state index contributed by atoms with van der Waals surface area (Å²) in [5, 5.41) is 25.9. The number of fused-ring (bicyclic) bond motifs is 1. The van der Waals surface area contributed by atoms with Crippen molar-refractivity contribution in [2.24, 2.45) is 5.92 Å². The zero-order valence-electron chi connectivity index (χ0n) is 33.7. The molecule has 2 N–H and O–H groups in total. The molecule has 308 valence electrons. The Morgan fingerprint density at radius 1 is 0.879 bits per heavy atom. The molecule has 2 heterocycles. The van der Waals surface area contributed by atoms with Gasteiger partial charge in [0.05, 0.1) is 62.0 Å². The molecule has 1 saturated heterocycles. The Balaban J connectivity index is 1.16. The summed E-state index contributed by atoms with van der Waals surface area (Å²) >= 11 is 7.23. The number of ether oxygens (including phenoxy) is 4. The number of carboxylic acid groups (broad SMARTS) is 1. The van der Waals surface area contributed by atoms with Crippen LogP contribution in [0.25, 0.3) is 38.8 Å². The summed E-state index contributed by atoms with van der Waals surface area (Å²) in [5.41, 5.74) is 5.83. The maximum absolute atomic E-state index is 16.1. The first-order chi connectivity index (χ1) is 28.0. The number of aliphatic carboxylic acids is 1. The van der Waals surface area contributed by atoms with Gasteiger partial charge in [-0.1, -0.05) is 41.9 Å². The minimum atomic E-state index is -0.753. The molecule has 11 nitrogen and oxygen atoms in total. The van der Waals surface area contributed by atoms with Crippen molar-refractivity contribution in [2.45, 2.75) is 69.8 Å². The van der Waals surface area contributed by atoms with Crippen LogP contribution >= 0.6 is 11.6 Å². The average molecular weight is 815 g/mol. The lowest BCUT2D eigenvalue weighted by molar-refractivity contribution is -0.138. The summed E-state index contributed by atoms with van der Waals surface area (Å²) in [7, 11) is 8.78. The highest BCUT2D eigenvalue weighted by atomic mass is 35.5. The van der Waals surface area contributed by atoms with Gasteiger partial charge in [0.2, 0.25) is 0 Å². The van der Waals surface area contributed by atoms with Crippen LogP contribution in [0, 0.1) is 11.7 Å². The average Bonchev–Trinajstić information content (AvgIpc) is 3.66. The number of nitrogens with zero attached hydrogens (tertiary/aromatic N) is 4. The van der Waals surface area contributed by atoms with Crippen molar-refractivity contribution in [3.05, 3.63) is 88.8 Å². The van der Waals surface area contributed by atoms with Gasteiger partial charge in [0, 0.05) is 72.4 Å². The molecule has 0 radical (unpaired) electrons. The van der Waals surface area contributed by atoms with Gasteiger partial charge in [-0.05, 0) is 81.4 Å². The van der Waals surface area contributed by atoms with E-state index in [2.05, 4.69) is 9.80 Å². The van der Waals surface area contributed by atoms with E-state index in [0.717, 1.165) is 65.4 Å². The van der Waals surface area contributed by atoms with Crippen molar-refractivity contribution in [3.63, 3.8) is 0 Å². The highest BCUT2D eigenvalue weighted by Crippen LogP contribution is 2.42. The number of hydrogen-bond donors (Lipinski definition) is 2. The number of methoxy groups -OCH3 is 3. The monoisotopic (exact) mass is 814 g/mol. The van der Waals surface area contributed by atoms with Crippen LogP contribution in [0.15, 0.2) is 66.9 Å². The van der Waals surface area contributed by atoms with Crippen molar-refractivity contribution in [3.8, 4) is 45.2 Å². The fourth-order valence-electron chi connectivity index (χ4n) is 8.81. The summed E-state index contributed by atoms with van der Waals surface area (Å²) < 4.78 is 40.9. The van der Waals surface area contributed by atoms with E-state index in [1.54, 1.807) is 21.3 Å². The zero-order valence-corrected chi connectivity index (χ0v) is 34.5. The Labute approximate surface area is 343 Å². The van der Waals surface area contributed by atoms with Gasteiger partial charge in [-0.15, -0.1) is 0 Å². The van der Waals surface area contributed by atoms with Crippen molar-refractivity contribution in [1.29, 1.82) is 0 Å². The summed E-state index contributed by atoms with van der Waals surface area (Å²) in [6.07, 6.45) is 5.61. The molecule has 4 aromatic carbocycles. The second-order valence-corrected chi connectivity index (χ2v) is 15.9. The second-order valence-electron chi connectivity index (χ2n) is 15.5. The lowest BCUT2D eigenvalue weighted by Gasteiger charge is -2.35. The quantitative estimate of drug-likeness (QED) is 0.114. The van der Waals surface area contributed by atoms with Crippen LogP contribution in [-0.4, -0.2) is 103 Å².